The summed E-state index contributed by atoms with van der Waals surface area (Å²) in [5.41, 5.74) is 0.970. The van der Waals surface area contributed by atoms with Crippen molar-refractivity contribution in [3.63, 3.8) is 0 Å². The van der Waals surface area contributed by atoms with Gasteiger partial charge in [-0.1, -0.05) is 6.07 Å². The van der Waals surface area contributed by atoms with Gasteiger partial charge in [0.1, 0.15) is 0 Å². The van der Waals surface area contributed by atoms with Gasteiger partial charge in [0.2, 0.25) is 11.8 Å². The number of aromatic nitrogens is 2. The lowest BCUT2D eigenvalue weighted by molar-refractivity contribution is 0.114. The molecule has 2 heterocycles. The van der Waals surface area contributed by atoms with Gasteiger partial charge in [-0.2, -0.15) is 0 Å². The van der Waals surface area contributed by atoms with Crippen LogP contribution in [0.15, 0.2) is 22.6 Å². The third-order valence-electron chi connectivity index (χ3n) is 4.86. The summed E-state index contributed by atoms with van der Waals surface area (Å²) in [4.78, 5) is 4.66. The number of piperazine rings is 1. The summed E-state index contributed by atoms with van der Waals surface area (Å²) in [5, 5.41) is 8.30. The molecule has 2 aliphatic rings. The standard InChI is InChI=1S/C18H23FN4O2/c1-24-16-5-2-13(10-15(16)19)11-22-6-8-23(9-7-22)12-17-20-21-18(25-17)14-3-4-14/h2,5,10,14H,3-4,6-9,11-12H2,1H3. The summed E-state index contributed by atoms with van der Waals surface area (Å²) in [6.45, 7) is 5.24. The Morgan fingerprint density at radius 1 is 1.12 bits per heavy atom. The predicted octanol–water partition coefficient (Wildman–Crippen LogP) is 2.41. The minimum Gasteiger partial charge on any atom is -0.494 e. The zero-order chi connectivity index (χ0) is 17.2. The highest BCUT2D eigenvalue weighted by Gasteiger charge is 2.29. The molecule has 4 rings (SSSR count). The van der Waals surface area contributed by atoms with Gasteiger partial charge in [-0.25, -0.2) is 4.39 Å². The molecule has 2 fully saturated rings. The van der Waals surface area contributed by atoms with Crippen LogP contribution in [-0.2, 0) is 13.1 Å². The normalized spacial score (nSPS) is 19.3. The fourth-order valence-corrected chi connectivity index (χ4v) is 3.19. The number of nitrogens with zero attached hydrogens (tertiary/aromatic N) is 4. The first-order valence-corrected chi connectivity index (χ1v) is 8.80. The molecule has 0 amide bonds. The average Bonchev–Trinajstić information content (AvgIpc) is 3.37. The van der Waals surface area contributed by atoms with Crippen LogP contribution in [0.4, 0.5) is 4.39 Å². The largest absolute Gasteiger partial charge is 0.494 e. The Morgan fingerprint density at radius 2 is 1.84 bits per heavy atom. The van der Waals surface area contributed by atoms with Crippen molar-refractivity contribution in [3.8, 4) is 5.75 Å². The molecule has 0 atom stereocenters. The molecule has 1 aliphatic heterocycles. The van der Waals surface area contributed by atoms with E-state index in [0.717, 1.165) is 44.2 Å². The van der Waals surface area contributed by atoms with Crippen molar-refractivity contribution in [2.45, 2.75) is 31.8 Å². The molecule has 25 heavy (non-hydrogen) atoms. The molecule has 0 spiro atoms. The van der Waals surface area contributed by atoms with Crippen molar-refractivity contribution in [3.05, 3.63) is 41.4 Å². The van der Waals surface area contributed by atoms with E-state index in [1.807, 2.05) is 6.07 Å². The quantitative estimate of drug-likeness (QED) is 0.801. The minimum absolute atomic E-state index is 0.290. The van der Waals surface area contributed by atoms with Gasteiger partial charge in [0.15, 0.2) is 11.6 Å². The third-order valence-corrected chi connectivity index (χ3v) is 4.86. The first-order chi connectivity index (χ1) is 12.2. The smallest absolute Gasteiger partial charge is 0.230 e. The molecule has 0 unspecified atom stereocenters. The van der Waals surface area contributed by atoms with Crippen molar-refractivity contribution < 1.29 is 13.5 Å². The molecule has 2 aromatic rings. The fraction of sp³-hybridized carbons (Fsp3) is 0.556. The second-order valence-corrected chi connectivity index (χ2v) is 6.83. The Balaban J connectivity index is 1.26. The van der Waals surface area contributed by atoms with E-state index < -0.39 is 0 Å². The van der Waals surface area contributed by atoms with Gasteiger partial charge in [-0.15, -0.1) is 10.2 Å². The second kappa shape index (κ2) is 7.09. The Labute approximate surface area is 146 Å². The van der Waals surface area contributed by atoms with Gasteiger partial charge in [-0.05, 0) is 30.5 Å². The third kappa shape index (κ3) is 3.99. The molecule has 134 valence electrons. The van der Waals surface area contributed by atoms with Gasteiger partial charge in [-0.3, -0.25) is 9.80 Å². The Kier molecular flexibility index (Phi) is 4.67. The number of halogens is 1. The van der Waals surface area contributed by atoms with Crippen LogP contribution in [0.1, 0.15) is 36.1 Å². The molecular weight excluding hydrogens is 323 g/mol. The molecule has 1 saturated heterocycles. The summed E-state index contributed by atoms with van der Waals surface area (Å²) in [5.74, 6) is 2.01. The van der Waals surface area contributed by atoms with Crippen molar-refractivity contribution >= 4 is 0 Å². The van der Waals surface area contributed by atoms with Crippen LogP contribution in [0, 0.1) is 5.82 Å². The van der Waals surface area contributed by atoms with E-state index >= 15 is 0 Å². The highest BCUT2D eigenvalue weighted by molar-refractivity contribution is 5.29. The lowest BCUT2D eigenvalue weighted by atomic mass is 10.2. The molecule has 0 bridgehead atoms. The highest BCUT2D eigenvalue weighted by atomic mass is 19.1. The Morgan fingerprint density at radius 3 is 2.48 bits per heavy atom. The topological polar surface area (TPSA) is 54.6 Å². The zero-order valence-electron chi connectivity index (χ0n) is 14.4. The van der Waals surface area contributed by atoms with Gasteiger partial charge in [0, 0.05) is 38.6 Å². The molecule has 1 saturated carbocycles. The lowest BCUT2D eigenvalue weighted by Crippen LogP contribution is -2.45. The molecule has 1 aliphatic carbocycles. The van der Waals surface area contributed by atoms with Gasteiger partial charge in [0.25, 0.3) is 0 Å². The predicted molar refractivity (Wildman–Crippen MR) is 89.8 cm³/mol. The van der Waals surface area contributed by atoms with E-state index in [1.165, 1.54) is 20.0 Å². The van der Waals surface area contributed by atoms with E-state index in [-0.39, 0.29) is 5.82 Å². The molecule has 1 aromatic carbocycles. The van der Waals surface area contributed by atoms with Crippen LogP contribution >= 0.6 is 0 Å². The number of benzene rings is 1. The Bertz CT molecular complexity index is 724. The van der Waals surface area contributed by atoms with Crippen molar-refractivity contribution in [1.29, 1.82) is 0 Å². The SMILES string of the molecule is COc1ccc(CN2CCN(Cc3nnc(C4CC4)o3)CC2)cc1F. The maximum atomic E-state index is 13.8. The fourth-order valence-electron chi connectivity index (χ4n) is 3.19. The van der Waals surface area contributed by atoms with Crippen LogP contribution in [-0.4, -0.2) is 53.3 Å². The number of methoxy groups -OCH3 is 1. The summed E-state index contributed by atoms with van der Waals surface area (Å²) < 4.78 is 24.5. The van der Waals surface area contributed by atoms with Gasteiger partial charge < -0.3 is 9.15 Å². The number of rotatable bonds is 6. The first kappa shape index (κ1) is 16.5. The number of hydrogen-bond acceptors (Lipinski definition) is 6. The Hall–Kier alpha value is -1.99. The summed E-state index contributed by atoms with van der Waals surface area (Å²) in [6.07, 6.45) is 2.35. The van der Waals surface area contributed by atoms with E-state index in [1.54, 1.807) is 12.1 Å². The van der Waals surface area contributed by atoms with Crippen molar-refractivity contribution in [1.82, 2.24) is 20.0 Å². The average molecular weight is 346 g/mol. The molecule has 6 nitrogen and oxygen atoms in total. The summed E-state index contributed by atoms with van der Waals surface area (Å²) in [6, 6.07) is 5.17. The summed E-state index contributed by atoms with van der Waals surface area (Å²) in [7, 11) is 1.48. The van der Waals surface area contributed by atoms with Crippen molar-refractivity contribution in [2.24, 2.45) is 0 Å². The monoisotopic (exact) mass is 346 g/mol. The molecule has 7 heteroatoms. The van der Waals surface area contributed by atoms with Crippen LogP contribution in [0.2, 0.25) is 0 Å². The molecule has 0 radical (unpaired) electrons. The number of ether oxygens (including phenoxy) is 1. The van der Waals surface area contributed by atoms with E-state index in [4.69, 9.17) is 9.15 Å². The van der Waals surface area contributed by atoms with Crippen molar-refractivity contribution in [2.75, 3.05) is 33.3 Å². The molecule has 1 aromatic heterocycles. The zero-order valence-corrected chi connectivity index (χ0v) is 14.4. The maximum Gasteiger partial charge on any atom is 0.230 e. The van der Waals surface area contributed by atoms with E-state index in [2.05, 4.69) is 20.0 Å². The van der Waals surface area contributed by atoms with Crippen LogP contribution in [0.3, 0.4) is 0 Å². The van der Waals surface area contributed by atoms with E-state index in [0.29, 0.717) is 24.1 Å². The first-order valence-electron chi connectivity index (χ1n) is 8.80. The van der Waals surface area contributed by atoms with Crippen LogP contribution in [0.25, 0.3) is 0 Å². The minimum atomic E-state index is -0.304. The number of hydrogen-bond donors (Lipinski definition) is 0. The molecular formula is C18H23FN4O2. The van der Waals surface area contributed by atoms with Gasteiger partial charge in [0.05, 0.1) is 13.7 Å². The maximum absolute atomic E-state index is 13.8. The van der Waals surface area contributed by atoms with Gasteiger partial charge >= 0.3 is 0 Å². The lowest BCUT2D eigenvalue weighted by Gasteiger charge is -2.34. The van der Waals surface area contributed by atoms with Crippen LogP contribution < -0.4 is 4.74 Å². The summed E-state index contributed by atoms with van der Waals surface area (Å²) >= 11 is 0. The van der Waals surface area contributed by atoms with Crippen LogP contribution in [0.5, 0.6) is 5.75 Å². The molecule has 0 N–H and O–H groups in total. The van der Waals surface area contributed by atoms with E-state index in [9.17, 15) is 4.39 Å². The highest BCUT2D eigenvalue weighted by Crippen LogP contribution is 2.39. The second-order valence-electron chi connectivity index (χ2n) is 6.83.